The zero-order chi connectivity index (χ0) is 12.5. The van der Waals surface area contributed by atoms with E-state index in [1.54, 1.807) is 18.3 Å². The third-order valence-corrected chi connectivity index (χ3v) is 3.04. The van der Waals surface area contributed by atoms with Gasteiger partial charge in [-0.3, -0.25) is 4.98 Å². The zero-order valence-corrected chi connectivity index (χ0v) is 10.1. The molecule has 0 spiro atoms. The molecule has 0 unspecified atom stereocenters. The summed E-state index contributed by atoms with van der Waals surface area (Å²) in [6.07, 6.45) is 1.70. The van der Waals surface area contributed by atoms with Gasteiger partial charge in [-0.15, -0.1) is 0 Å². The molecule has 90 valence electrons. The molecule has 2 heterocycles. The number of aliphatic hydroxyl groups is 1. The maximum Gasteiger partial charge on any atom is 0.162 e. The van der Waals surface area contributed by atoms with Gasteiger partial charge in [-0.2, -0.15) is 0 Å². The zero-order valence-electron chi connectivity index (χ0n) is 9.30. The first kappa shape index (κ1) is 11.2. The van der Waals surface area contributed by atoms with Crippen molar-refractivity contribution in [2.75, 3.05) is 0 Å². The highest BCUT2D eigenvalue weighted by Gasteiger charge is 2.11. The molecule has 5 heteroatoms. The molecule has 3 aromatic rings. The number of halogens is 1. The summed E-state index contributed by atoms with van der Waals surface area (Å²) in [5, 5.41) is 14.4. The lowest BCUT2D eigenvalue weighted by Gasteiger charge is -2.03. The standard InChI is InChI=1S/C13H9ClN2O2/c14-11-4-3-10(12-6-8(7-17)18-16-12)13-9(11)2-1-5-15-13/h1-6,17H,7H2. The molecule has 4 nitrogen and oxygen atoms in total. The minimum atomic E-state index is -0.175. The lowest BCUT2D eigenvalue weighted by atomic mass is 10.1. The minimum absolute atomic E-state index is 0.175. The van der Waals surface area contributed by atoms with Gasteiger partial charge in [-0.1, -0.05) is 16.8 Å². The van der Waals surface area contributed by atoms with E-state index in [2.05, 4.69) is 10.1 Å². The predicted molar refractivity (Wildman–Crippen MR) is 68.2 cm³/mol. The van der Waals surface area contributed by atoms with Crippen LogP contribution in [0.4, 0.5) is 0 Å². The molecule has 0 saturated heterocycles. The summed E-state index contributed by atoms with van der Waals surface area (Å²) in [5.41, 5.74) is 2.24. The molecule has 3 rings (SSSR count). The number of pyridine rings is 1. The normalized spacial score (nSPS) is 11.0. The Labute approximate surface area is 108 Å². The molecule has 18 heavy (non-hydrogen) atoms. The summed E-state index contributed by atoms with van der Waals surface area (Å²) in [6, 6.07) is 9.07. The van der Waals surface area contributed by atoms with Crippen molar-refractivity contribution >= 4 is 22.5 Å². The Morgan fingerprint density at radius 2 is 2.17 bits per heavy atom. The summed E-state index contributed by atoms with van der Waals surface area (Å²) in [4.78, 5) is 4.32. The molecule has 0 saturated carbocycles. The van der Waals surface area contributed by atoms with Gasteiger partial charge in [0.25, 0.3) is 0 Å². The average Bonchev–Trinajstić information content (AvgIpc) is 2.88. The van der Waals surface area contributed by atoms with Crippen LogP contribution in [0.15, 0.2) is 41.1 Å². The first-order valence-electron chi connectivity index (χ1n) is 5.39. The molecule has 1 N–H and O–H groups in total. The molecule has 0 amide bonds. The molecule has 0 atom stereocenters. The molecule has 2 aromatic heterocycles. The molecule has 0 aliphatic rings. The van der Waals surface area contributed by atoms with Gasteiger partial charge in [0.2, 0.25) is 0 Å². The van der Waals surface area contributed by atoms with E-state index in [4.69, 9.17) is 21.2 Å². The van der Waals surface area contributed by atoms with E-state index in [0.717, 1.165) is 16.5 Å². The molecule has 0 aliphatic heterocycles. The van der Waals surface area contributed by atoms with Gasteiger partial charge >= 0.3 is 0 Å². The van der Waals surface area contributed by atoms with Gasteiger partial charge in [0.15, 0.2) is 5.76 Å². The molecular formula is C13H9ClN2O2. The van der Waals surface area contributed by atoms with E-state index in [9.17, 15) is 0 Å². The van der Waals surface area contributed by atoms with E-state index < -0.39 is 0 Å². The Bertz CT molecular complexity index is 709. The SMILES string of the molecule is OCc1cc(-c2ccc(Cl)c3cccnc23)no1. The van der Waals surface area contributed by atoms with E-state index in [-0.39, 0.29) is 6.61 Å². The van der Waals surface area contributed by atoms with Crippen LogP contribution in [-0.2, 0) is 6.61 Å². The number of fused-ring (bicyclic) bond motifs is 1. The Hall–Kier alpha value is -1.91. The van der Waals surface area contributed by atoms with Gasteiger partial charge in [-0.05, 0) is 24.3 Å². The molecule has 1 aromatic carbocycles. The maximum atomic E-state index is 8.98. The van der Waals surface area contributed by atoms with Crippen molar-refractivity contribution in [3.63, 3.8) is 0 Å². The largest absolute Gasteiger partial charge is 0.388 e. The smallest absolute Gasteiger partial charge is 0.162 e. The van der Waals surface area contributed by atoms with Crippen LogP contribution in [0.2, 0.25) is 5.02 Å². The van der Waals surface area contributed by atoms with Crippen LogP contribution in [0.3, 0.4) is 0 Å². The van der Waals surface area contributed by atoms with Crippen molar-refractivity contribution < 1.29 is 9.63 Å². The Kier molecular flexibility index (Phi) is 2.74. The number of aliphatic hydroxyl groups excluding tert-OH is 1. The van der Waals surface area contributed by atoms with Crippen LogP contribution >= 0.6 is 11.6 Å². The predicted octanol–water partition coefficient (Wildman–Crippen LogP) is 3.04. The highest BCUT2D eigenvalue weighted by atomic mass is 35.5. The highest BCUT2D eigenvalue weighted by Crippen LogP contribution is 2.31. The van der Waals surface area contributed by atoms with Crippen molar-refractivity contribution in [1.29, 1.82) is 0 Å². The molecule has 0 bridgehead atoms. The topological polar surface area (TPSA) is 59.2 Å². The average molecular weight is 261 g/mol. The quantitative estimate of drug-likeness (QED) is 0.769. The van der Waals surface area contributed by atoms with Crippen LogP contribution in [0, 0.1) is 0 Å². The fourth-order valence-electron chi connectivity index (χ4n) is 1.86. The first-order chi connectivity index (χ1) is 8.79. The number of hydrogen-bond donors (Lipinski definition) is 1. The van der Waals surface area contributed by atoms with Crippen LogP contribution in [0.5, 0.6) is 0 Å². The van der Waals surface area contributed by atoms with E-state index >= 15 is 0 Å². The number of rotatable bonds is 2. The lowest BCUT2D eigenvalue weighted by molar-refractivity contribution is 0.229. The van der Waals surface area contributed by atoms with Crippen molar-refractivity contribution in [3.8, 4) is 11.3 Å². The van der Waals surface area contributed by atoms with Gasteiger partial charge in [0, 0.05) is 23.2 Å². The fourth-order valence-corrected chi connectivity index (χ4v) is 2.07. The second kappa shape index (κ2) is 4.40. The van der Waals surface area contributed by atoms with Gasteiger partial charge in [0.1, 0.15) is 12.3 Å². The Morgan fingerprint density at radius 1 is 1.28 bits per heavy atom. The monoisotopic (exact) mass is 260 g/mol. The third-order valence-electron chi connectivity index (χ3n) is 2.71. The van der Waals surface area contributed by atoms with Gasteiger partial charge in [0.05, 0.1) is 10.5 Å². The first-order valence-corrected chi connectivity index (χ1v) is 5.77. The fraction of sp³-hybridized carbons (Fsp3) is 0.0769. The second-order valence-corrected chi connectivity index (χ2v) is 4.24. The van der Waals surface area contributed by atoms with E-state index in [1.807, 2.05) is 18.2 Å². The summed E-state index contributed by atoms with van der Waals surface area (Å²) in [5.74, 6) is 0.420. The van der Waals surface area contributed by atoms with Crippen LogP contribution in [0.1, 0.15) is 5.76 Å². The Balaban J connectivity index is 2.26. The molecule has 0 aliphatic carbocycles. The van der Waals surface area contributed by atoms with Crippen molar-refractivity contribution in [2.45, 2.75) is 6.61 Å². The summed E-state index contributed by atoms with van der Waals surface area (Å²) in [7, 11) is 0. The van der Waals surface area contributed by atoms with Crippen molar-refractivity contribution in [2.24, 2.45) is 0 Å². The number of benzene rings is 1. The minimum Gasteiger partial charge on any atom is -0.388 e. The van der Waals surface area contributed by atoms with Gasteiger partial charge in [-0.25, -0.2) is 0 Å². The molecular weight excluding hydrogens is 252 g/mol. The van der Waals surface area contributed by atoms with Crippen LogP contribution in [0.25, 0.3) is 22.2 Å². The van der Waals surface area contributed by atoms with Crippen LogP contribution in [-0.4, -0.2) is 15.2 Å². The van der Waals surface area contributed by atoms with Crippen molar-refractivity contribution in [3.05, 3.63) is 47.3 Å². The summed E-state index contributed by atoms with van der Waals surface area (Å²) in [6.45, 7) is -0.175. The second-order valence-electron chi connectivity index (χ2n) is 3.83. The number of aromatic nitrogens is 2. The highest BCUT2D eigenvalue weighted by molar-refractivity contribution is 6.35. The number of nitrogens with zero attached hydrogens (tertiary/aromatic N) is 2. The summed E-state index contributed by atoms with van der Waals surface area (Å²) < 4.78 is 4.99. The van der Waals surface area contributed by atoms with Crippen molar-refractivity contribution in [1.82, 2.24) is 10.1 Å². The van der Waals surface area contributed by atoms with E-state index in [1.165, 1.54) is 0 Å². The summed E-state index contributed by atoms with van der Waals surface area (Å²) >= 11 is 6.13. The molecule has 0 fully saturated rings. The lowest BCUT2D eigenvalue weighted by Crippen LogP contribution is -1.85. The Morgan fingerprint density at radius 3 is 2.94 bits per heavy atom. The van der Waals surface area contributed by atoms with E-state index in [0.29, 0.717) is 16.5 Å². The van der Waals surface area contributed by atoms with Crippen LogP contribution < -0.4 is 0 Å². The van der Waals surface area contributed by atoms with Gasteiger partial charge < -0.3 is 9.63 Å². The number of hydrogen-bond acceptors (Lipinski definition) is 4. The molecule has 0 radical (unpaired) electrons. The third kappa shape index (κ3) is 1.75. The maximum absolute atomic E-state index is 8.98.